The highest BCUT2D eigenvalue weighted by Crippen LogP contribution is 2.77. The molecular formula is C62H66F4N4S9+2. The van der Waals surface area contributed by atoms with Crippen LogP contribution in [0.2, 0.25) is 0 Å². The summed E-state index contributed by atoms with van der Waals surface area (Å²) in [6.07, 6.45) is 17.5. The van der Waals surface area contributed by atoms with Crippen LogP contribution >= 0.6 is 103 Å². The summed E-state index contributed by atoms with van der Waals surface area (Å²) in [5.74, 6) is -1.78. The maximum Gasteiger partial charge on any atom is 0.277 e. The number of hydrogen-bond donors (Lipinski definition) is 2. The van der Waals surface area contributed by atoms with Crippen molar-refractivity contribution in [3.8, 4) is 50.1 Å². The van der Waals surface area contributed by atoms with Crippen molar-refractivity contribution in [2.24, 2.45) is 11.8 Å². The lowest BCUT2D eigenvalue weighted by Crippen LogP contribution is -2.38. The molecule has 8 aromatic rings. The lowest BCUT2D eigenvalue weighted by Gasteiger charge is -2.42. The number of allylic oxidation sites excluding steroid dienone is 4. The van der Waals surface area contributed by atoms with Gasteiger partial charge in [0, 0.05) is 74.8 Å². The van der Waals surface area contributed by atoms with Crippen LogP contribution in [0, 0.1) is 28.9 Å². The molecule has 3 aliphatic heterocycles. The summed E-state index contributed by atoms with van der Waals surface area (Å²) in [6.45, 7) is 9.92. The number of fused-ring (bicyclic) bond motifs is 6. The molecule has 0 radical (unpaired) electrons. The van der Waals surface area contributed by atoms with Crippen molar-refractivity contribution in [1.82, 2.24) is 4.37 Å². The van der Waals surface area contributed by atoms with Crippen LogP contribution in [0.15, 0.2) is 82.1 Å². The standard InChI is InChI=1S/C62H66F4N4S9/c1-5-9-13-15-19-37-21-23-39(72-37)41-25-27-43(74-41)49-53(63)55(65)51-45-29-47-61(76-45)62-48-30-46(77-62)52-56(66)54(64)50(44-28-26-42(75-44)40-24-22-38(73-40)20-16-14-10-6-2)58-60(52)70(78-68-58)32-36(18-12-8-4)34-79(47,48)33-35(17-11-7-3)31-69(71)59(51)57(49)67/h21-30,35-36,67,71H,5-20,31-34H2,1-4H3/q+2/b67-57?,69-59-. The predicted molar refractivity (Wildman–Crippen MR) is 339 cm³/mol. The number of aryl methyl sites for hydroxylation is 2. The van der Waals surface area contributed by atoms with E-state index >= 15 is 17.6 Å². The molecule has 1 aliphatic carbocycles. The van der Waals surface area contributed by atoms with Gasteiger partial charge in [-0.15, -0.1) is 68.0 Å². The zero-order chi connectivity index (χ0) is 54.7. The Labute approximate surface area is 497 Å². The number of nitrogens with zero attached hydrogens (tertiary/aromatic N) is 3. The van der Waals surface area contributed by atoms with Gasteiger partial charge in [-0.2, -0.15) is 18.0 Å². The Bertz CT molecular complexity index is 3720. The molecule has 1 aromatic carbocycles. The second kappa shape index (κ2) is 23.6. The fraction of sp³-hybridized carbons (Fsp3) is 0.419. The SMILES string of the molecule is CCCCCCc1ccc(-c2ccc(C3=C(F)C(F)=C4/C(=[N+](/S)CC(CCCC)CS56CC(CCCC)C[n+]7snc8c(-c9ccc(-c%10ccc(CCCCCC)s%10)s9)c(F)c(F)c(c87)-c7cc5c(s7)-c5sc4cc56)C3=N)s2)s1. The molecule has 0 amide bonds. The highest BCUT2D eigenvalue weighted by Gasteiger charge is 2.50. The first-order valence-electron chi connectivity index (χ1n) is 28.3. The Morgan fingerprint density at radius 1 is 0.557 bits per heavy atom. The monoisotopic (exact) mass is 1230 g/mol. The molecule has 1 N–H and O–H groups in total. The van der Waals surface area contributed by atoms with Crippen molar-refractivity contribution >= 4 is 136 Å². The Morgan fingerprint density at radius 2 is 1.06 bits per heavy atom. The van der Waals surface area contributed by atoms with Crippen LogP contribution in [0.1, 0.15) is 137 Å². The summed E-state index contributed by atoms with van der Waals surface area (Å²) in [7, 11) is -1.92. The fourth-order valence-electron chi connectivity index (χ4n) is 12.3. The fourth-order valence-corrected chi connectivity index (χ4v) is 26.7. The van der Waals surface area contributed by atoms with Gasteiger partial charge in [0.15, 0.2) is 29.8 Å². The zero-order valence-electron chi connectivity index (χ0n) is 45.1. The van der Waals surface area contributed by atoms with E-state index < -0.39 is 33.3 Å². The van der Waals surface area contributed by atoms with Crippen LogP contribution in [-0.4, -0.2) is 37.8 Å². The van der Waals surface area contributed by atoms with E-state index in [0.29, 0.717) is 43.6 Å². The van der Waals surface area contributed by atoms with Crippen molar-refractivity contribution in [3.05, 3.63) is 103 Å². The number of aromatic nitrogens is 2. The van der Waals surface area contributed by atoms with Gasteiger partial charge >= 0.3 is 0 Å². The van der Waals surface area contributed by atoms with Gasteiger partial charge in [-0.3, -0.25) is 5.41 Å². The molecule has 10 heterocycles. The van der Waals surface area contributed by atoms with Crippen molar-refractivity contribution < 1.29 is 25.5 Å². The maximum absolute atomic E-state index is 17.7. The molecule has 12 rings (SSSR count). The number of thiol groups is 1. The predicted octanol–water partition coefficient (Wildman–Crippen LogP) is 21.4. The Balaban J connectivity index is 0.976. The van der Waals surface area contributed by atoms with Crippen molar-refractivity contribution in [2.75, 3.05) is 18.1 Å². The van der Waals surface area contributed by atoms with Crippen molar-refractivity contribution in [1.29, 1.82) is 5.41 Å². The molecule has 17 heteroatoms. The minimum absolute atomic E-state index is 0.0355. The normalized spacial score (nSPS) is 20.7. The Hall–Kier alpha value is -3.52. The number of thiophene rings is 6. The molecule has 3 atom stereocenters. The lowest BCUT2D eigenvalue weighted by atomic mass is 9.90. The van der Waals surface area contributed by atoms with Crippen molar-refractivity contribution in [3.63, 3.8) is 0 Å². The second-order valence-electron chi connectivity index (χ2n) is 21.8. The molecule has 4 bridgehead atoms. The third-order valence-electron chi connectivity index (χ3n) is 16.3. The summed E-state index contributed by atoms with van der Waals surface area (Å²) >= 11 is 15.9. The van der Waals surface area contributed by atoms with E-state index in [4.69, 9.17) is 17.2 Å². The molecule has 0 fully saturated rings. The van der Waals surface area contributed by atoms with Gasteiger partial charge in [-0.05, 0) is 111 Å². The third-order valence-corrected chi connectivity index (χ3v) is 29.4. The molecule has 4 aliphatic rings. The minimum atomic E-state index is -1.92. The number of benzene rings is 1. The van der Waals surface area contributed by atoms with Crippen LogP contribution in [0.3, 0.4) is 0 Å². The van der Waals surface area contributed by atoms with E-state index in [9.17, 15) is 5.41 Å². The number of hydrogen-bond acceptors (Lipinski definition) is 10. The van der Waals surface area contributed by atoms with Crippen LogP contribution in [-0.2, 0) is 19.4 Å². The van der Waals surface area contributed by atoms with Gasteiger partial charge in [-0.1, -0.05) is 91.9 Å². The van der Waals surface area contributed by atoms with Crippen LogP contribution < -0.4 is 3.96 Å². The molecule has 0 saturated carbocycles. The van der Waals surface area contributed by atoms with Gasteiger partial charge < -0.3 is 0 Å². The summed E-state index contributed by atoms with van der Waals surface area (Å²) in [6, 6.07) is 20.8. The maximum atomic E-state index is 17.7. The molecule has 7 aromatic heterocycles. The van der Waals surface area contributed by atoms with Gasteiger partial charge in [-0.25, -0.2) is 17.6 Å². The second-order valence-corrected chi connectivity index (χ2v) is 33.0. The highest BCUT2D eigenvalue weighted by atomic mass is 32.3. The molecule has 4 nitrogen and oxygen atoms in total. The van der Waals surface area contributed by atoms with Crippen LogP contribution in [0.4, 0.5) is 17.6 Å². The first kappa shape index (κ1) is 56.0. The lowest BCUT2D eigenvalue weighted by molar-refractivity contribution is -0.610. The third kappa shape index (κ3) is 10.2. The van der Waals surface area contributed by atoms with Gasteiger partial charge in [0.2, 0.25) is 11.0 Å². The quantitative estimate of drug-likeness (QED) is 0.0258. The van der Waals surface area contributed by atoms with E-state index in [1.807, 2.05) is 24.3 Å². The Morgan fingerprint density at radius 3 is 1.68 bits per heavy atom. The van der Waals surface area contributed by atoms with E-state index in [1.165, 1.54) is 122 Å². The molecular weight excluding hydrogens is 1170 g/mol. The number of halogens is 4. The smallest absolute Gasteiger partial charge is 0.277 e. The highest BCUT2D eigenvalue weighted by molar-refractivity contribution is 8.34. The van der Waals surface area contributed by atoms with E-state index in [0.717, 1.165) is 98.6 Å². The Kier molecular flexibility index (Phi) is 16.7. The molecule has 0 saturated heterocycles. The first-order valence-corrected chi connectivity index (χ1v) is 36.3. The van der Waals surface area contributed by atoms with Gasteiger partial charge in [0.05, 0.1) is 26.5 Å². The van der Waals surface area contributed by atoms with E-state index in [2.05, 4.69) is 68.0 Å². The molecule has 79 heavy (non-hydrogen) atoms. The zero-order valence-corrected chi connectivity index (χ0v) is 52.6. The van der Waals surface area contributed by atoms with Gasteiger partial charge in [0.25, 0.3) is 17.4 Å². The van der Waals surface area contributed by atoms with Crippen LogP contribution in [0.5, 0.6) is 0 Å². The van der Waals surface area contributed by atoms with E-state index in [-0.39, 0.29) is 45.5 Å². The summed E-state index contributed by atoms with van der Waals surface area (Å²) in [5.41, 5.74) is 1.86. The average Bonchev–Trinajstić information content (AvgIpc) is 3.65. The van der Waals surface area contributed by atoms with Gasteiger partial charge in [0.1, 0.15) is 30.6 Å². The first-order chi connectivity index (χ1) is 38.4. The topological polar surface area (TPSA) is 43.6 Å². The molecule has 414 valence electrons. The molecule has 3 unspecified atom stereocenters. The molecule has 1 spiro atoms. The largest absolute Gasteiger partial charge is 0.294 e. The van der Waals surface area contributed by atoms with Crippen molar-refractivity contribution in [2.45, 2.75) is 147 Å². The number of rotatable bonds is 20. The summed E-state index contributed by atoms with van der Waals surface area (Å²) < 4.78 is 79.0. The average molecular weight is 1230 g/mol. The number of unbranched alkanes of at least 4 members (excludes halogenated alkanes) is 8. The number of nitrogens with one attached hydrogen (secondary N) is 1. The summed E-state index contributed by atoms with van der Waals surface area (Å²) in [5, 5.41) is 9.89. The summed E-state index contributed by atoms with van der Waals surface area (Å²) in [4.78, 5) is 13.7. The van der Waals surface area contributed by atoms with E-state index in [1.54, 1.807) is 26.7 Å². The van der Waals surface area contributed by atoms with Crippen LogP contribution in [0.25, 0.3) is 72.3 Å². The minimum Gasteiger partial charge on any atom is -0.294 e.